The molecule has 3 heteroatoms. The first-order valence-corrected chi connectivity index (χ1v) is 6.75. The average Bonchev–Trinajstić information content (AvgIpc) is 3.23. The minimum Gasteiger partial charge on any atom is -0.356 e. The van der Waals surface area contributed by atoms with Crippen LogP contribution in [-0.4, -0.2) is 18.1 Å². The summed E-state index contributed by atoms with van der Waals surface area (Å²) in [6.07, 6.45) is 7.50. The van der Waals surface area contributed by atoms with Gasteiger partial charge >= 0.3 is 0 Å². The van der Waals surface area contributed by atoms with Crippen LogP contribution >= 0.6 is 0 Å². The van der Waals surface area contributed by atoms with Crippen LogP contribution in [0.2, 0.25) is 0 Å². The third kappa shape index (κ3) is 2.97. The van der Waals surface area contributed by atoms with Gasteiger partial charge in [0.2, 0.25) is 0 Å². The topological polar surface area (TPSA) is 42.1 Å². The van der Waals surface area contributed by atoms with E-state index in [1.54, 1.807) is 0 Å². The summed E-state index contributed by atoms with van der Waals surface area (Å²) in [6.45, 7) is 2.99. The van der Waals surface area contributed by atoms with Gasteiger partial charge in [-0.25, -0.2) is 4.98 Å². The van der Waals surface area contributed by atoms with E-state index < -0.39 is 0 Å². The molecule has 0 radical (unpaired) electrons. The highest BCUT2D eigenvalue weighted by Gasteiger charge is 2.29. The molecule has 3 nitrogen and oxygen atoms in total. The third-order valence-electron chi connectivity index (χ3n) is 3.72. The molecular formula is C14H21N3. The second kappa shape index (κ2) is 4.65. The van der Waals surface area contributed by atoms with Crippen LogP contribution in [0, 0.1) is 11.8 Å². The number of hydrogen-bond donors (Lipinski definition) is 1. The largest absolute Gasteiger partial charge is 0.356 e. The minimum atomic E-state index is 0.607. The van der Waals surface area contributed by atoms with Gasteiger partial charge in [0.25, 0.3) is 0 Å². The Morgan fingerprint density at radius 3 is 2.35 bits per heavy atom. The molecule has 2 aliphatic carbocycles. The highest BCUT2D eigenvalue weighted by molar-refractivity contribution is 5.41. The van der Waals surface area contributed by atoms with Gasteiger partial charge < -0.3 is 10.6 Å². The number of rotatable bonds is 6. The maximum atomic E-state index is 5.70. The predicted octanol–water partition coefficient (Wildman–Crippen LogP) is 2.17. The van der Waals surface area contributed by atoms with Gasteiger partial charge in [-0.1, -0.05) is 0 Å². The normalized spacial score (nSPS) is 19.4. The van der Waals surface area contributed by atoms with Crippen LogP contribution in [-0.2, 0) is 6.54 Å². The lowest BCUT2D eigenvalue weighted by Crippen LogP contribution is -2.29. The van der Waals surface area contributed by atoms with Crippen molar-refractivity contribution in [1.82, 2.24) is 4.98 Å². The van der Waals surface area contributed by atoms with Crippen LogP contribution in [0.15, 0.2) is 18.3 Å². The lowest BCUT2D eigenvalue weighted by molar-refractivity contribution is 0.671. The van der Waals surface area contributed by atoms with Crippen LogP contribution in [0.4, 0.5) is 5.82 Å². The first kappa shape index (κ1) is 11.0. The summed E-state index contributed by atoms with van der Waals surface area (Å²) in [7, 11) is 0. The molecule has 0 unspecified atom stereocenters. The van der Waals surface area contributed by atoms with Gasteiger partial charge in [0, 0.05) is 25.8 Å². The SMILES string of the molecule is NCc1ccnc(N(CC2CC2)CC2CC2)c1. The fourth-order valence-corrected chi connectivity index (χ4v) is 2.25. The lowest BCUT2D eigenvalue weighted by atomic mass is 10.2. The second-order valence-corrected chi connectivity index (χ2v) is 5.52. The van der Waals surface area contributed by atoms with Crippen LogP contribution in [0.5, 0.6) is 0 Å². The molecule has 1 heterocycles. The molecule has 2 fully saturated rings. The molecular weight excluding hydrogens is 210 g/mol. The second-order valence-electron chi connectivity index (χ2n) is 5.52. The maximum Gasteiger partial charge on any atom is 0.128 e. The van der Waals surface area contributed by atoms with Crippen molar-refractivity contribution in [3.8, 4) is 0 Å². The Kier molecular flexibility index (Phi) is 3.02. The van der Waals surface area contributed by atoms with E-state index in [4.69, 9.17) is 5.73 Å². The highest BCUT2D eigenvalue weighted by atomic mass is 15.2. The number of hydrogen-bond acceptors (Lipinski definition) is 3. The van der Waals surface area contributed by atoms with Crippen molar-refractivity contribution in [2.24, 2.45) is 17.6 Å². The number of nitrogens with zero attached hydrogens (tertiary/aromatic N) is 2. The fraction of sp³-hybridized carbons (Fsp3) is 0.643. The molecule has 2 saturated carbocycles. The summed E-state index contributed by atoms with van der Waals surface area (Å²) in [5.41, 5.74) is 6.89. The molecule has 0 saturated heterocycles. The molecule has 0 aliphatic heterocycles. The molecule has 92 valence electrons. The Labute approximate surface area is 103 Å². The van der Waals surface area contributed by atoms with Crippen LogP contribution in [0.1, 0.15) is 31.2 Å². The summed E-state index contributed by atoms with van der Waals surface area (Å²) in [5, 5.41) is 0. The zero-order valence-corrected chi connectivity index (χ0v) is 10.3. The van der Waals surface area contributed by atoms with Crippen molar-refractivity contribution in [1.29, 1.82) is 0 Å². The quantitative estimate of drug-likeness (QED) is 0.816. The Hall–Kier alpha value is -1.09. The van der Waals surface area contributed by atoms with Crippen molar-refractivity contribution in [2.45, 2.75) is 32.2 Å². The molecule has 3 rings (SSSR count). The number of anilines is 1. The minimum absolute atomic E-state index is 0.607. The van der Waals surface area contributed by atoms with E-state index in [1.165, 1.54) is 44.3 Å². The van der Waals surface area contributed by atoms with Crippen LogP contribution in [0.25, 0.3) is 0 Å². The maximum absolute atomic E-state index is 5.70. The monoisotopic (exact) mass is 231 g/mol. The average molecular weight is 231 g/mol. The molecule has 17 heavy (non-hydrogen) atoms. The summed E-state index contributed by atoms with van der Waals surface area (Å²) in [6, 6.07) is 4.17. The molecule has 0 spiro atoms. The van der Waals surface area contributed by atoms with E-state index in [9.17, 15) is 0 Å². The van der Waals surface area contributed by atoms with Crippen molar-refractivity contribution < 1.29 is 0 Å². The van der Waals surface area contributed by atoms with E-state index in [0.717, 1.165) is 17.7 Å². The molecule has 0 amide bonds. The summed E-state index contributed by atoms with van der Waals surface area (Å²) in [4.78, 5) is 7.00. The zero-order valence-electron chi connectivity index (χ0n) is 10.3. The zero-order chi connectivity index (χ0) is 11.7. The molecule has 2 N–H and O–H groups in total. The lowest BCUT2D eigenvalue weighted by Gasteiger charge is -2.24. The third-order valence-corrected chi connectivity index (χ3v) is 3.72. The van der Waals surface area contributed by atoms with Gasteiger partial charge in [-0.15, -0.1) is 0 Å². The Morgan fingerprint density at radius 2 is 1.82 bits per heavy atom. The van der Waals surface area contributed by atoms with E-state index in [2.05, 4.69) is 16.0 Å². The standard InChI is InChI=1S/C14H21N3/c15-8-13-5-6-16-14(7-13)17(9-11-1-2-11)10-12-3-4-12/h5-7,11-12H,1-4,8-10,15H2. The van der Waals surface area contributed by atoms with E-state index >= 15 is 0 Å². The van der Waals surface area contributed by atoms with Crippen LogP contribution in [0.3, 0.4) is 0 Å². The molecule has 0 bridgehead atoms. The summed E-state index contributed by atoms with van der Waals surface area (Å²) < 4.78 is 0. The molecule has 1 aromatic rings. The predicted molar refractivity (Wildman–Crippen MR) is 69.8 cm³/mol. The number of aromatic nitrogens is 1. The Morgan fingerprint density at radius 1 is 1.18 bits per heavy atom. The molecule has 0 aromatic carbocycles. The van der Waals surface area contributed by atoms with Crippen LogP contribution < -0.4 is 10.6 Å². The van der Waals surface area contributed by atoms with Gasteiger partial charge in [0.15, 0.2) is 0 Å². The van der Waals surface area contributed by atoms with Crippen molar-refractivity contribution >= 4 is 5.82 Å². The Balaban J connectivity index is 1.73. The molecule has 1 aromatic heterocycles. The van der Waals surface area contributed by atoms with Gasteiger partial charge in [-0.05, 0) is 55.2 Å². The number of pyridine rings is 1. The molecule has 0 atom stereocenters. The van der Waals surface area contributed by atoms with E-state index in [0.29, 0.717) is 6.54 Å². The first-order valence-electron chi connectivity index (χ1n) is 6.75. The summed E-state index contributed by atoms with van der Waals surface area (Å²) in [5.74, 6) is 2.96. The first-order chi connectivity index (χ1) is 8.35. The van der Waals surface area contributed by atoms with Gasteiger partial charge in [-0.3, -0.25) is 0 Å². The van der Waals surface area contributed by atoms with E-state index in [1.807, 2.05) is 12.3 Å². The van der Waals surface area contributed by atoms with Gasteiger partial charge in [0.1, 0.15) is 5.82 Å². The van der Waals surface area contributed by atoms with E-state index in [-0.39, 0.29) is 0 Å². The van der Waals surface area contributed by atoms with Crippen molar-refractivity contribution in [3.05, 3.63) is 23.9 Å². The highest BCUT2D eigenvalue weighted by Crippen LogP contribution is 2.35. The van der Waals surface area contributed by atoms with Crippen molar-refractivity contribution in [2.75, 3.05) is 18.0 Å². The smallest absolute Gasteiger partial charge is 0.128 e. The number of nitrogens with two attached hydrogens (primary N) is 1. The fourth-order valence-electron chi connectivity index (χ4n) is 2.25. The van der Waals surface area contributed by atoms with Crippen molar-refractivity contribution in [3.63, 3.8) is 0 Å². The van der Waals surface area contributed by atoms with Gasteiger partial charge in [-0.2, -0.15) is 0 Å². The Bertz CT molecular complexity index is 369. The summed E-state index contributed by atoms with van der Waals surface area (Å²) >= 11 is 0. The van der Waals surface area contributed by atoms with Gasteiger partial charge in [0.05, 0.1) is 0 Å². The molecule has 2 aliphatic rings.